The third-order valence-corrected chi connectivity index (χ3v) is 19.1. The second-order valence-corrected chi connectivity index (χ2v) is 27.4. The van der Waals surface area contributed by atoms with Gasteiger partial charge >= 0.3 is 17.9 Å². The molecule has 0 saturated carbocycles. The molecular weight excluding hydrogens is 1490 g/mol. The summed E-state index contributed by atoms with van der Waals surface area (Å²) in [5, 5.41) is 60.6. The summed E-state index contributed by atoms with van der Waals surface area (Å²) in [7, 11) is 0. The van der Waals surface area contributed by atoms with Crippen molar-refractivity contribution in [3.05, 3.63) is 226 Å². The molecule has 0 atom stereocenters. The molecular formula is C79H86N28O9. The molecule has 9 heterocycles. The Bertz CT molecular complexity index is 5210. The van der Waals surface area contributed by atoms with Crippen LogP contribution >= 0.6 is 0 Å². The van der Waals surface area contributed by atoms with E-state index in [1.807, 2.05) is 5.43 Å². The van der Waals surface area contributed by atoms with Crippen molar-refractivity contribution in [1.82, 2.24) is 111 Å². The number of nitrogens with one attached hydrogen (secondary N) is 10. The fourth-order valence-corrected chi connectivity index (χ4v) is 13.7. The Morgan fingerprint density at radius 3 is 1.15 bits per heavy atom. The first-order valence-electron chi connectivity index (χ1n) is 37.8. The zero-order valence-corrected chi connectivity index (χ0v) is 63.8. The number of carboxylic acid groups (broad SMARTS) is 1. The number of amides is 2. The van der Waals surface area contributed by atoms with Gasteiger partial charge in [-0.15, -0.1) is 0 Å². The molecule has 596 valence electrons. The Kier molecular flexibility index (Phi) is 26.7. The number of carbonyl (C=O) groups is 5. The summed E-state index contributed by atoms with van der Waals surface area (Å²) in [6, 6.07) is 34.9. The number of anilines is 4. The second kappa shape index (κ2) is 38.8. The summed E-state index contributed by atoms with van der Waals surface area (Å²) < 4.78 is 14.2. The summed E-state index contributed by atoms with van der Waals surface area (Å²) in [5.74, 6) is 7.69. The molecule has 8 aromatic heterocycles. The van der Waals surface area contributed by atoms with Gasteiger partial charge in [0.2, 0.25) is 29.7 Å². The van der Waals surface area contributed by atoms with Gasteiger partial charge in [-0.25, -0.2) is 60.7 Å². The van der Waals surface area contributed by atoms with Crippen molar-refractivity contribution in [2.75, 3.05) is 47.6 Å². The molecule has 2 amide bonds. The van der Waals surface area contributed by atoms with Crippen LogP contribution in [0.5, 0.6) is 0 Å². The number of nitrogen functional groups attached to an aromatic ring is 1. The van der Waals surface area contributed by atoms with Crippen molar-refractivity contribution in [2.24, 2.45) is 5.84 Å². The maximum absolute atomic E-state index is 12.7. The number of aromatic amines is 4. The predicted octanol–water partition coefficient (Wildman–Crippen LogP) is 6.11. The smallest absolute Gasteiger partial charge is 0.315 e. The highest BCUT2D eigenvalue weighted by atomic mass is 16.5. The fourth-order valence-electron chi connectivity index (χ4n) is 13.7. The number of hydrogen-bond donors (Lipinski definition) is 12. The molecule has 116 heavy (non-hydrogen) atoms. The van der Waals surface area contributed by atoms with Gasteiger partial charge in [-0.05, 0) is 117 Å². The molecule has 37 nitrogen and oxygen atoms in total. The highest BCUT2D eigenvalue weighted by Crippen LogP contribution is 2.29. The van der Waals surface area contributed by atoms with Gasteiger partial charge in [-0.2, -0.15) is 30.7 Å². The lowest BCUT2D eigenvalue weighted by Crippen LogP contribution is -2.37. The van der Waals surface area contributed by atoms with Crippen LogP contribution in [-0.4, -0.2) is 197 Å². The molecule has 0 spiro atoms. The van der Waals surface area contributed by atoms with Gasteiger partial charge in [-0.3, -0.25) is 50.1 Å². The topological polar surface area (TPSA) is 516 Å². The molecule has 37 heteroatoms. The number of hydrogen-bond acceptors (Lipinski definition) is 30. The third-order valence-electron chi connectivity index (χ3n) is 19.1. The molecule has 5 aliphatic rings. The minimum atomic E-state index is -0.962. The number of benzene rings is 4. The Balaban J connectivity index is 0.000000130. The number of rotatable bonds is 23. The molecule has 1 aliphatic heterocycles. The van der Waals surface area contributed by atoms with Gasteiger partial charge < -0.3 is 45.5 Å². The van der Waals surface area contributed by atoms with E-state index in [9.17, 15) is 24.0 Å². The van der Waals surface area contributed by atoms with Crippen LogP contribution < -0.4 is 32.5 Å². The van der Waals surface area contributed by atoms with Crippen LogP contribution in [0.4, 0.5) is 23.8 Å². The van der Waals surface area contributed by atoms with Crippen LogP contribution in [0.15, 0.2) is 147 Å². The summed E-state index contributed by atoms with van der Waals surface area (Å²) in [4.78, 5) is 106. The quantitative estimate of drug-likeness (QED) is 0.00857. The molecule has 0 radical (unpaired) electrons. The number of fused-ring (bicyclic) bond motifs is 5. The second-order valence-electron chi connectivity index (χ2n) is 27.4. The highest BCUT2D eigenvalue weighted by Gasteiger charge is 2.28. The van der Waals surface area contributed by atoms with Crippen LogP contribution in [-0.2, 0) is 117 Å². The molecule has 0 bridgehead atoms. The first kappa shape index (κ1) is 79.8. The van der Waals surface area contributed by atoms with Crippen LogP contribution in [0, 0.1) is 5.41 Å². The normalized spacial score (nSPS) is 13.6. The predicted molar refractivity (Wildman–Crippen MR) is 422 cm³/mol. The van der Waals surface area contributed by atoms with Gasteiger partial charge in [-0.1, -0.05) is 97.1 Å². The summed E-state index contributed by atoms with van der Waals surface area (Å²) in [5.41, 5.74) is 17.1. The van der Waals surface area contributed by atoms with E-state index in [0.717, 1.165) is 62.8 Å². The summed E-state index contributed by atoms with van der Waals surface area (Å²) >= 11 is 0. The number of esters is 2. The fraction of sp³-hybridized carbons (Fsp3) is 0.316. The van der Waals surface area contributed by atoms with Gasteiger partial charge in [0.15, 0.2) is 23.4 Å². The van der Waals surface area contributed by atoms with Crippen molar-refractivity contribution in [2.45, 2.75) is 135 Å². The minimum Gasteiger partial charge on any atom is -0.481 e. The lowest BCUT2D eigenvalue weighted by molar-refractivity contribution is -0.143. The zero-order chi connectivity index (χ0) is 80.7. The zero-order valence-electron chi connectivity index (χ0n) is 63.8. The Hall–Kier alpha value is -14.3. The number of hydrazine groups is 1. The number of nitrogens with two attached hydrogens (primary N) is 1. The lowest BCUT2D eigenvalue weighted by Gasteiger charge is -2.24. The van der Waals surface area contributed by atoms with Crippen LogP contribution in [0.25, 0.3) is 34.2 Å². The number of aromatic nitrogens is 20. The first-order chi connectivity index (χ1) is 56.5. The lowest BCUT2D eigenvalue weighted by atomic mass is 10.1. The standard InChI is InChI=1S/C22H22N10O.C19H20N6O2.C17H16N6O2.C14H15N5O.C7H13NO3/c33-20(32-6-5-17-18(12-32)28-31-27-17)9-19-26-21(30-29-19)15-10-23-22(24-11-15)25-16-7-13-3-1-2-4-14(13)8-16;1-2-27-17(26)9-16-23-18(25-24-16)14-10-20-19(21-11-14)22-15-7-12-5-3-4-6-13(12)8-15;24-15(25)7-14-21-16(23-22-14)12-8-18-17(19-9-12)20-13-5-10-3-1-2-4-11(10)6-13;15-19-13(20)11-7-16-14(17-8-11)18-12-5-9-3-1-2-4-10(9)6-12;1-3-10-6(8)5-7(9)11-4-2/h1-4,10-11,16H,5-9,12H2,(H,23,24,25)(H,26,29,30)(H,27,28,31);3-6,10-11,15H,2,7-9H2,1H3,(H,20,21,22)(H,23,24,25);1-4,8-9,13H,5-7H2,(H,24,25)(H,18,19,20)(H,21,22,23);1-4,7-8,12H,5-6,15H2,(H,19,20)(H,16,17,18);8H,3-5H2,1-2H3. The minimum absolute atomic E-state index is 0.0280. The van der Waals surface area contributed by atoms with Gasteiger partial charge in [0, 0.05) is 86.7 Å². The summed E-state index contributed by atoms with van der Waals surface area (Å²) in [6.07, 6.45) is 21.3. The molecule has 13 N–H and O–H groups in total. The number of carbonyl (C=O) groups excluding carboxylic acids is 4. The van der Waals surface area contributed by atoms with Crippen LogP contribution in [0.2, 0.25) is 0 Å². The Morgan fingerprint density at radius 1 is 0.457 bits per heavy atom. The maximum atomic E-state index is 12.7. The Labute approximate surface area is 664 Å². The van der Waals surface area contributed by atoms with Crippen molar-refractivity contribution in [3.8, 4) is 34.2 Å². The molecule has 4 aliphatic carbocycles. The molecule has 12 aromatic rings. The van der Waals surface area contributed by atoms with E-state index in [2.05, 4.69) is 224 Å². The van der Waals surface area contributed by atoms with Gasteiger partial charge in [0.05, 0.1) is 60.7 Å². The number of nitrogens with zero attached hydrogens (tertiary/aromatic N) is 17. The molecule has 17 rings (SSSR count). The monoisotopic (exact) mass is 1570 g/mol. The Morgan fingerprint density at radius 2 is 0.793 bits per heavy atom. The van der Waals surface area contributed by atoms with E-state index in [-0.39, 0.29) is 55.5 Å². The molecule has 0 unspecified atom stereocenters. The van der Waals surface area contributed by atoms with E-state index in [4.69, 9.17) is 25.8 Å². The largest absolute Gasteiger partial charge is 0.481 e. The highest BCUT2D eigenvalue weighted by molar-refractivity contribution is 5.93. The van der Waals surface area contributed by atoms with Crippen molar-refractivity contribution in [1.29, 1.82) is 5.41 Å². The van der Waals surface area contributed by atoms with Crippen LogP contribution in [0.3, 0.4) is 0 Å². The number of ether oxygens (including phenoxy) is 3. The average Bonchev–Trinajstić information content (AvgIpc) is 1.70. The van der Waals surface area contributed by atoms with Gasteiger partial charge in [0.1, 0.15) is 42.4 Å². The number of H-pyrrole nitrogens is 4. The van der Waals surface area contributed by atoms with Gasteiger partial charge in [0.25, 0.3) is 5.91 Å². The van der Waals surface area contributed by atoms with E-state index in [0.29, 0.717) is 132 Å². The number of carboxylic acids is 1. The first-order valence-corrected chi connectivity index (χ1v) is 37.8. The third kappa shape index (κ3) is 21.9. The maximum Gasteiger partial charge on any atom is 0.315 e. The van der Waals surface area contributed by atoms with Crippen molar-refractivity contribution in [3.63, 3.8) is 0 Å². The molecule has 4 aromatic carbocycles. The van der Waals surface area contributed by atoms with Crippen molar-refractivity contribution < 1.29 is 43.3 Å². The van der Waals surface area contributed by atoms with Crippen LogP contribution in [0.1, 0.15) is 111 Å². The van der Waals surface area contributed by atoms with E-state index < -0.39 is 17.8 Å². The van der Waals surface area contributed by atoms with Crippen molar-refractivity contribution >= 4 is 59.4 Å². The SMILES string of the molecule is CCOC(=N)CC(=O)OCC.CCOC(=O)Cc1nc(-c2cnc(NC3Cc4ccccc4C3)nc2)n[nH]1.NNC(=O)c1cnc(NC2Cc3ccccc3C2)nc1.O=C(Cc1nc(-c2cnc(NC3Cc4ccccc4C3)nc2)n[nH]1)N1CCc2n[nH]nc2C1.O=C(O)Cc1nc(-c2cnc(NC3Cc4ccccc4C3)nc2)n[nH]1. The van der Waals surface area contributed by atoms with E-state index >= 15 is 0 Å². The average molecular weight is 1570 g/mol. The van der Waals surface area contributed by atoms with E-state index in [1.165, 1.54) is 56.9 Å². The molecule has 0 fully saturated rings. The summed E-state index contributed by atoms with van der Waals surface area (Å²) in [6.45, 7) is 7.43. The number of aliphatic carboxylic acids is 1. The molecule has 0 saturated heterocycles. The van der Waals surface area contributed by atoms with E-state index in [1.54, 1.807) is 62.9 Å².